The molecule has 0 heterocycles. The summed E-state index contributed by atoms with van der Waals surface area (Å²) in [7, 11) is 1.68. The second kappa shape index (κ2) is 8.56. The third-order valence-electron chi connectivity index (χ3n) is 3.03. The third-order valence-corrected chi connectivity index (χ3v) is 3.03. The molecule has 0 aromatic heterocycles. The number of rotatable bonds is 5. The first-order valence-corrected chi connectivity index (χ1v) is 7.93. The minimum Gasteiger partial charge on any atom is -0.459 e. The number of aliphatic imine (C=N–C) groups is 1. The Labute approximate surface area is 139 Å². The highest BCUT2D eigenvalue weighted by Crippen LogP contribution is 2.09. The maximum absolute atomic E-state index is 11.7. The lowest BCUT2D eigenvalue weighted by Gasteiger charge is -2.20. The molecule has 0 radical (unpaired) electrons. The van der Waals surface area contributed by atoms with Crippen LogP contribution in [0.3, 0.4) is 0 Å². The van der Waals surface area contributed by atoms with E-state index in [-0.39, 0.29) is 12.5 Å². The smallest absolute Gasteiger partial charge is 0.325 e. The van der Waals surface area contributed by atoms with Gasteiger partial charge in [0.1, 0.15) is 12.1 Å². The van der Waals surface area contributed by atoms with Crippen LogP contribution in [0.25, 0.3) is 0 Å². The molecule has 0 unspecified atom stereocenters. The number of benzene rings is 1. The lowest BCUT2D eigenvalue weighted by Crippen LogP contribution is -2.42. The van der Waals surface area contributed by atoms with Crippen LogP contribution in [0.15, 0.2) is 23.2 Å². The molecule has 5 nitrogen and oxygen atoms in total. The molecular formula is C18H29N3O2. The summed E-state index contributed by atoms with van der Waals surface area (Å²) in [5.41, 5.74) is 3.36. The Morgan fingerprint density at radius 3 is 2.26 bits per heavy atom. The van der Waals surface area contributed by atoms with Crippen LogP contribution < -0.4 is 10.6 Å². The summed E-state index contributed by atoms with van der Waals surface area (Å²) in [6, 6.07) is 6.54. The van der Waals surface area contributed by atoms with Crippen LogP contribution in [0.5, 0.6) is 0 Å². The van der Waals surface area contributed by atoms with Crippen molar-refractivity contribution >= 4 is 11.9 Å². The number of ether oxygens (including phenoxy) is 1. The van der Waals surface area contributed by atoms with E-state index in [0.717, 1.165) is 13.0 Å². The molecule has 128 valence electrons. The van der Waals surface area contributed by atoms with Gasteiger partial charge in [0.05, 0.1) is 0 Å². The fraction of sp³-hybridized carbons (Fsp3) is 0.556. The Morgan fingerprint density at radius 1 is 1.13 bits per heavy atom. The second-order valence-corrected chi connectivity index (χ2v) is 6.68. The Hall–Kier alpha value is -2.04. The van der Waals surface area contributed by atoms with Gasteiger partial charge >= 0.3 is 5.97 Å². The van der Waals surface area contributed by atoms with Crippen molar-refractivity contribution in [1.82, 2.24) is 10.6 Å². The van der Waals surface area contributed by atoms with Gasteiger partial charge in [-0.25, -0.2) is 0 Å². The summed E-state index contributed by atoms with van der Waals surface area (Å²) in [6.07, 6.45) is 0.898. The Kier molecular flexibility index (Phi) is 7.07. The van der Waals surface area contributed by atoms with E-state index in [4.69, 9.17) is 4.74 Å². The first-order chi connectivity index (χ1) is 10.7. The van der Waals surface area contributed by atoms with Gasteiger partial charge in [-0.1, -0.05) is 29.3 Å². The van der Waals surface area contributed by atoms with Crippen LogP contribution in [0.4, 0.5) is 0 Å². The van der Waals surface area contributed by atoms with Crippen LogP contribution in [-0.4, -0.2) is 37.7 Å². The highest BCUT2D eigenvalue weighted by molar-refractivity contribution is 5.84. The lowest BCUT2D eigenvalue weighted by atomic mass is 10.1. The average molecular weight is 319 g/mol. The van der Waals surface area contributed by atoms with Gasteiger partial charge in [-0.3, -0.25) is 9.79 Å². The molecule has 0 aliphatic rings. The van der Waals surface area contributed by atoms with Crippen molar-refractivity contribution in [3.63, 3.8) is 0 Å². The standard InChI is InChI=1S/C18H29N3O2/c1-13-9-14(2)11-15(10-13)7-8-20-17(19-6)21-12-16(22)23-18(3,4)5/h9-11H,7-8,12H2,1-6H3,(H2,19,20,21). The molecule has 0 atom stereocenters. The number of esters is 1. The fourth-order valence-electron chi connectivity index (χ4n) is 2.29. The minimum atomic E-state index is -0.473. The molecule has 23 heavy (non-hydrogen) atoms. The number of carbonyl (C=O) groups is 1. The minimum absolute atomic E-state index is 0.0977. The number of hydrogen-bond donors (Lipinski definition) is 2. The summed E-state index contributed by atoms with van der Waals surface area (Å²) < 4.78 is 5.25. The molecule has 0 aliphatic heterocycles. The Bertz CT molecular complexity index is 540. The van der Waals surface area contributed by atoms with Crippen molar-refractivity contribution < 1.29 is 9.53 Å². The number of guanidine groups is 1. The van der Waals surface area contributed by atoms with Gasteiger partial charge in [-0.15, -0.1) is 0 Å². The van der Waals surface area contributed by atoms with E-state index in [0.29, 0.717) is 5.96 Å². The van der Waals surface area contributed by atoms with E-state index in [1.54, 1.807) is 7.05 Å². The molecule has 0 amide bonds. The molecule has 0 aliphatic carbocycles. The van der Waals surface area contributed by atoms with E-state index in [9.17, 15) is 4.79 Å². The third kappa shape index (κ3) is 8.24. The van der Waals surface area contributed by atoms with Crippen molar-refractivity contribution in [3.05, 3.63) is 34.9 Å². The predicted octanol–water partition coefficient (Wildman–Crippen LogP) is 2.35. The largest absolute Gasteiger partial charge is 0.459 e. The highest BCUT2D eigenvalue weighted by Gasteiger charge is 2.16. The molecule has 1 aromatic carbocycles. The van der Waals surface area contributed by atoms with Gasteiger partial charge in [0.25, 0.3) is 0 Å². The summed E-state index contributed by atoms with van der Waals surface area (Å²) in [5.74, 6) is 0.301. The van der Waals surface area contributed by atoms with Crippen molar-refractivity contribution in [2.75, 3.05) is 20.1 Å². The molecule has 0 fully saturated rings. The molecule has 1 rings (SSSR count). The van der Waals surface area contributed by atoms with E-state index in [1.165, 1.54) is 16.7 Å². The first kappa shape index (κ1) is 19.0. The first-order valence-electron chi connectivity index (χ1n) is 7.93. The van der Waals surface area contributed by atoms with Crippen molar-refractivity contribution in [1.29, 1.82) is 0 Å². The van der Waals surface area contributed by atoms with E-state index < -0.39 is 5.60 Å². The molecule has 0 bridgehead atoms. The summed E-state index contributed by atoms with van der Waals surface area (Å²) in [5, 5.41) is 6.17. The van der Waals surface area contributed by atoms with Crippen molar-refractivity contribution in [3.8, 4) is 0 Å². The quantitative estimate of drug-likeness (QED) is 0.497. The summed E-state index contributed by atoms with van der Waals surface area (Å²) in [4.78, 5) is 15.8. The predicted molar refractivity (Wildman–Crippen MR) is 94.8 cm³/mol. The Balaban J connectivity index is 2.38. The van der Waals surface area contributed by atoms with Crippen LogP contribution in [0.1, 0.15) is 37.5 Å². The van der Waals surface area contributed by atoms with Crippen molar-refractivity contribution in [2.24, 2.45) is 4.99 Å². The van der Waals surface area contributed by atoms with E-state index in [2.05, 4.69) is 47.7 Å². The SMILES string of the molecule is CN=C(NCCc1cc(C)cc(C)c1)NCC(=O)OC(C)(C)C. The summed E-state index contributed by atoms with van der Waals surface area (Å²) in [6.45, 7) is 10.6. The number of nitrogens with one attached hydrogen (secondary N) is 2. The topological polar surface area (TPSA) is 62.7 Å². The van der Waals surface area contributed by atoms with Crippen LogP contribution in [0.2, 0.25) is 0 Å². The van der Waals surface area contributed by atoms with E-state index >= 15 is 0 Å². The zero-order valence-corrected chi connectivity index (χ0v) is 15.1. The maximum atomic E-state index is 11.7. The van der Waals surface area contributed by atoms with Crippen LogP contribution in [-0.2, 0) is 16.0 Å². The van der Waals surface area contributed by atoms with Crippen LogP contribution >= 0.6 is 0 Å². The van der Waals surface area contributed by atoms with Gasteiger partial charge in [0.2, 0.25) is 0 Å². The number of hydrogen-bond acceptors (Lipinski definition) is 3. The lowest BCUT2D eigenvalue weighted by molar-refractivity contribution is -0.153. The molecule has 5 heteroatoms. The van der Waals surface area contributed by atoms with Gasteiger partial charge in [-0.2, -0.15) is 0 Å². The molecule has 1 aromatic rings. The zero-order chi connectivity index (χ0) is 17.5. The molecule has 2 N–H and O–H groups in total. The summed E-state index contributed by atoms with van der Waals surface area (Å²) >= 11 is 0. The van der Waals surface area contributed by atoms with Crippen molar-refractivity contribution in [2.45, 2.75) is 46.6 Å². The molecular weight excluding hydrogens is 290 g/mol. The van der Waals surface area contributed by atoms with Gasteiger partial charge in [-0.05, 0) is 46.6 Å². The number of nitrogens with zero attached hydrogens (tertiary/aromatic N) is 1. The molecule has 0 saturated heterocycles. The average Bonchev–Trinajstić information content (AvgIpc) is 2.39. The van der Waals surface area contributed by atoms with Gasteiger partial charge in [0.15, 0.2) is 5.96 Å². The van der Waals surface area contributed by atoms with Gasteiger partial charge < -0.3 is 15.4 Å². The van der Waals surface area contributed by atoms with Gasteiger partial charge in [0, 0.05) is 13.6 Å². The normalized spacial score (nSPS) is 12.0. The second-order valence-electron chi connectivity index (χ2n) is 6.68. The zero-order valence-electron chi connectivity index (χ0n) is 15.1. The van der Waals surface area contributed by atoms with E-state index in [1.807, 2.05) is 20.8 Å². The number of aryl methyl sites for hydroxylation is 2. The monoisotopic (exact) mass is 319 g/mol. The maximum Gasteiger partial charge on any atom is 0.325 e. The molecule has 0 spiro atoms. The Morgan fingerprint density at radius 2 is 1.74 bits per heavy atom. The van der Waals surface area contributed by atoms with Crippen LogP contribution in [0, 0.1) is 13.8 Å². The molecule has 0 saturated carbocycles. The fourth-order valence-corrected chi connectivity index (χ4v) is 2.29. The number of carbonyl (C=O) groups excluding carboxylic acids is 1. The highest BCUT2D eigenvalue weighted by atomic mass is 16.6.